The molecule has 0 aliphatic heterocycles. The van der Waals surface area contributed by atoms with Crippen LogP contribution in [0.25, 0.3) is 0 Å². The summed E-state index contributed by atoms with van der Waals surface area (Å²) in [5, 5.41) is 0. The first-order valence-electron chi connectivity index (χ1n) is 6.68. The zero-order chi connectivity index (χ0) is 13.6. The number of nitrogens with two attached hydrogens (primary N) is 1. The van der Waals surface area contributed by atoms with Crippen LogP contribution in [0, 0.1) is 5.41 Å². The Bertz CT molecular complexity index is 336. The molecule has 0 fully saturated rings. The standard InChI is InChI=1S/C15H25BrN2/c1-4-15(5-2,11-17)12-18(3)10-13-6-8-14(16)9-7-13/h6-9H,4-5,10-12,17H2,1-3H3. The van der Waals surface area contributed by atoms with Gasteiger partial charge in [-0.25, -0.2) is 0 Å². The number of hydrogen-bond donors (Lipinski definition) is 1. The van der Waals surface area contributed by atoms with Crippen molar-refractivity contribution in [2.75, 3.05) is 20.1 Å². The van der Waals surface area contributed by atoms with E-state index in [4.69, 9.17) is 5.73 Å². The van der Waals surface area contributed by atoms with Gasteiger partial charge in [0.15, 0.2) is 0 Å². The number of halogens is 1. The van der Waals surface area contributed by atoms with Gasteiger partial charge >= 0.3 is 0 Å². The molecule has 1 rings (SSSR count). The lowest BCUT2D eigenvalue weighted by molar-refractivity contribution is 0.162. The Hall–Kier alpha value is -0.380. The molecule has 0 unspecified atom stereocenters. The van der Waals surface area contributed by atoms with E-state index in [0.717, 1.165) is 36.9 Å². The van der Waals surface area contributed by atoms with E-state index in [2.05, 4.69) is 66.0 Å². The molecule has 0 radical (unpaired) electrons. The highest BCUT2D eigenvalue weighted by atomic mass is 79.9. The van der Waals surface area contributed by atoms with Crippen molar-refractivity contribution in [3.05, 3.63) is 34.3 Å². The zero-order valence-corrected chi connectivity index (χ0v) is 13.3. The van der Waals surface area contributed by atoms with Crippen molar-refractivity contribution in [3.63, 3.8) is 0 Å². The van der Waals surface area contributed by atoms with Gasteiger partial charge in [-0.05, 0) is 49.5 Å². The van der Waals surface area contributed by atoms with Gasteiger partial charge < -0.3 is 10.6 Å². The summed E-state index contributed by atoms with van der Waals surface area (Å²) >= 11 is 3.46. The Balaban J connectivity index is 2.60. The van der Waals surface area contributed by atoms with Crippen molar-refractivity contribution in [1.82, 2.24) is 4.90 Å². The fourth-order valence-electron chi connectivity index (χ4n) is 2.36. The van der Waals surface area contributed by atoms with Gasteiger partial charge in [-0.1, -0.05) is 41.9 Å². The van der Waals surface area contributed by atoms with Crippen LogP contribution in [0.5, 0.6) is 0 Å². The molecule has 3 heteroatoms. The van der Waals surface area contributed by atoms with Gasteiger partial charge in [0.05, 0.1) is 0 Å². The Kier molecular flexibility index (Phi) is 6.33. The van der Waals surface area contributed by atoms with Gasteiger partial charge in [-0.3, -0.25) is 0 Å². The minimum Gasteiger partial charge on any atom is -0.330 e. The lowest BCUT2D eigenvalue weighted by atomic mass is 9.82. The van der Waals surface area contributed by atoms with Crippen molar-refractivity contribution >= 4 is 15.9 Å². The van der Waals surface area contributed by atoms with Crippen molar-refractivity contribution in [2.24, 2.45) is 11.1 Å². The third kappa shape index (κ3) is 4.38. The van der Waals surface area contributed by atoms with Crippen molar-refractivity contribution in [3.8, 4) is 0 Å². The predicted octanol–water partition coefficient (Wildman–Crippen LogP) is 3.65. The summed E-state index contributed by atoms with van der Waals surface area (Å²) in [6.45, 7) is 7.29. The summed E-state index contributed by atoms with van der Waals surface area (Å²) in [6.07, 6.45) is 2.29. The molecule has 1 aromatic carbocycles. The molecule has 1 aromatic rings. The van der Waals surface area contributed by atoms with E-state index in [0.29, 0.717) is 0 Å². The van der Waals surface area contributed by atoms with Gasteiger partial charge in [0, 0.05) is 17.6 Å². The van der Waals surface area contributed by atoms with Crippen LogP contribution in [0.15, 0.2) is 28.7 Å². The Morgan fingerprint density at radius 1 is 1.17 bits per heavy atom. The molecule has 0 spiro atoms. The van der Waals surface area contributed by atoms with Crippen LogP contribution in [0.1, 0.15) is 32.3 Å². The second-order valence-corrected chi connectivity index (χ2v) is 6.13. The second kappa shape index (κ2) is 7.27. The smallest absolute Gasteiger partial charge is 0.0230 e. The molecule has 2 N–H and O–H groups in total. The molecular formula is C15H25BrN2. The highest BCUT2D eigenvalue weighted by Gasteiger charge is 2.25. The van der Waals surface area contributed by atoms with Crippen LogP contribution < -0.4 is 5.73 Å². The van der Waals surface area contributed by atoms with E-state index < -0.39 is 0 Å². The van der Waals surface area contributed by atoms with Crippen molar-refractivity contribution in [1.29, 1.82) is 0 Å². The quantitative estimate of drug-likeness (QED) is 0.832. The first kappa shape index (κ1) is 15.7. The lowest BCUT2D eigenvalue weighted by Crippen LogP contribution is -2.40. The molecule has 0 aliphatic carbocycles. The number of hydrogen-bond acceptors (Lipinski definition) is 2. The average Bonchev–Trinajstić information content (AvgIpc) is 2.39. The molecule has 102 valence electrons. The fourth-order valence-corrected chi connectivity index (χ4v) is 2.62. The molecule has 0 bridgehead atoms. The van der Waals surface area contributed by atoms with E-state index in [1.807, 2.05) is 0 Å². The Morgan fingerprint density at radius 3 is 2.17 bits per heavy atom. The lowest BCUT2D eigenvalue weighted by Gasteiger charge is -2.34. The zero-order valence-electron chi connectivity index (χ0n) is 11.7. The first-order valence-corrected chi connectivity index (χ1v) is 7.47. The minimum atomic E-state index is 0.268. The van der Waals surface area contributed by atoms with Gasteiger partial charge in [-0.15, -0.1) is 0 Å². The average molecular weight is 313 g/mol. The number of nitrogens with zero attached hydrogens (tertiary/aromatic N) is 1. The molecule has 18 heavy (non-hydrogen) atoms. The maximum atomic E-state index is 5.96. The maximum absolute atomic E-state index is 5.96. The third-order valence-corrected chi connectivity index (χ3v) is 4.43. The van der Waals surface area contributed by atoms with Crippen LogP contribution in [0.4, 0.5) is 0 Å². The normalized spacial score (nSPS) is 12.1. The highest BCUT2D eigenvalue weighted by molar-refractivity contribution is 9.10. The van der Waals surface area contributed by atoms with Crippen LogP contribution >= 0.6 is 15.9 Å². The molecule has 2 nitrogen and oxygen atoms in total. The molecule has 0 amide bonds. The van der Waals surface area contributed by atoms with Crippen molar-refractivity contribution < 1.29 is 0 Å². The highest BCUT2D eigenvalue weighted by Crippen LogP contribution is 2.26. The Morgan fingerprint density at radius 2 is 1.72 bits per heavy atom. The summed E-state index contributed by atoms with van der Waals surface area (Å²) in [5.74, 6) is 0. The van der Waals surface area contributed by atoms with Crippen LogP contribution in [-0.4, -0.2) is 25.0 Å². The van der Waals surface area contributed by atoms with Gasteiger partial charge in [0.1, 0.15) is 0 Å². The molecule has 0 saturated carbocycles. The monoisotopic (exact) mass is 312 g/mol. The number of rotatable bonds is 7. The van der Waals surface area contributed by atoms with E-state index in [1.54, 1.807) is 0 Å². The summed E-state index contributed by atoms with van der Waals surface area (Å²) in [4.78, 5) is 2.38. The van der Waals surface area contributed by atoms with E-state index in [1.165, 1.54) is 5.56 Å². The molecule has 0 saturated heterocycles. The van der Waals surface area contributed by atoms with Crippen LogP contribution in [-0.2, 0) is 6.54 Å². The molecular weight excluding hydrogens is 288 g/mol. The first-order chi connectivity index (χ1) is 8.55. The van der Waals surface area contributed by atoms with Crippen molar-refractivity contribution in [2.45, 2.75) is 33.2 Å². The second-order valence-electron chi connectivity index (χ2n) is 5.21. The van der Waals surface area contributed by atoms with Gasteiger partial charge in [-0.2, -0.15) is 0 Å². The van der Waals surface area contributed by atoms with E-state index in [-0.39, 0.29) is 5.41 Å². The van der Waals surface area contributed by atoms with Gasteiger partial charge in [0.2, 0.25) is 0 Å². The summed E-state index contributed by atoms with van der Waals surface area (Å²) < 4.78 is 1.13. The molecule has 0 atom stereocenters. The maximum Gasteiger partial charge on any atom is 0.0230 e. The van der Waals surface area contributed by atoms with Crippen LogP contribution in [0.2, 0.25) is 0 Å². The largest absolute Gasteiger partial charge is 0.330 e. The molecule has 0 heterocycles. The van der Waals surface area contributed by atoms with Crippen LogP contribution in [0.3, 0.4) is 0 Å². The summed E-state index contributed by atoms with van der Waals surface area (Å²) in [6, 6.07) is 8.53. The molecule has 0 aromatic heterocycles. The van der Waals surface area contributed by atoms with E-state index >= 15 is 0 Å². The predicted molar refractivity (Wildman–Crippen MR) is 82.5 cm³/mol. The topological polar surface area (TPSA) is 29.3 Å². The molecule has 0 aliphatic rings. The van der Waals surface area contributed by atoms with E-state index in [9.17, 15) is 0 Å². The minimum absolute atomic E-state index is 0.268. The summed E-state index contributed by atoms with van der Waals surface area (Å²) in [5.41, 5.74) is 7.57. The third-order valence-electron chi connectivity index (χ3n) is 3.90. The fraction of sp³-hybridized carbons (Fsp3) is 0.600. The summed E-state index contributed by atoms with van der Waals surface area (Å²) in [7, 11) is 2.18. The van der Waals surface area contributed by atoms with Gasteiger partial charge in [0.25, 0.3) is 0 Å². The SMILES string of the molecule is CCC(CC)(CN)CN(C)Cc1ccc(Br)cc1. The Labute approximate surface area is 120 Å². The number of benzene rings is 1.